The van der Waals surface area contributed by atoms with Crippen molar-refractivity contribution in [2.45, 2.75) is 45.1 Å². The van der Waals surface area contributed by atoms with Crippen LogP contribution in [0.4, 0.5) is 0 Å². The Morgan fingerprint density at radius 3 is 2.90 bits per heavy atom. The van der Waals surface area contributed by atoms with Gasteiger partial charge in [-0.1, -0.05) is 50.1 Å². The van der Waals surface area contributed by atoms with E-state index in [0.717, 1.165) is 29.3 Å². The molecular formula is C17H21NOS. The molecule has 3 heteroatoms. The van der Waals surface area contributed by atoms with Crippen molar-refractivity contribution in [3.8, 4) is 0 Å². The fraction of sp³-hybridized carbons (Fsp3) is 0.471. The predicted molar refractivity (Wildman–Crippen MR) is 83.0 cm³/mol. The highest BCUT2D eigenvalue weighted by Crippen LogP contribution is 2.35. The molecule has 1 aliphatic rings. The maximum Gasteiger partial charge on any atom is 0.131 e. The van der Waals surface area contributed by atoms with Gasteiger partial charge in [0.15, 0.2) is 0 Å². The smallest absolute Gasteiger partial charge is 0.131 e. The Balaban J connectivity index is 1.80. The van der Waals surface area contributed by atoms with Gasteiger partial charge >= 0.3 is 0 Å². The minimum atomic E-state index is -0.573. The Bertz CT molecular complexity index is 564. The summed E-state index contributed by atoms with van der Waals surface area (Å²) in [7, 11) is 0. The second-order valence-electron chi connectivity index (χ2n) is 5.63. The minimum Gasteiger partial charge on any atom is -0.381 e. The zero-order valence-electron chi connectivity index (χ0n) is 11.9. The van der Waals surface area contributed by atoms with E-state index in [1.54, 1.807) is 11.3 Å². The highest BCUT2D eigenvalue weighted by Gasteiger charge is 2.24. The molecule has 0 saturated heterocycles. The molecule has 2 nitrogen and oxygen atoms in total. The standard InChI is InChI=1S/C17H21NOS/c1-2-6-12-9-10-14-15(11-12)20-17(18-14)16(19)13-7-4-3-5-8-13/h3-5,7-8,12,16,19H,2,6,9-11H2,1H3. The van der Waals surface area contributed by atoms with Gasteiger partial charge in [-0.05, 0) is 30.7 Å². The Kier molecular flexibility index (Phi) is 4.18. The van der Waals surface area contributed by atoms with E-state index in [-0.39, 0.29) is 0 Å². The molecule has 2 atom stereocenters. The van der Waals surface area contributed by atoms with Crippen LogP contribution in [-0.2, 0) is 12.8 Å². The van der Waals surface area contributed by atoms with Crippen LogP contribution >= 0.6 is 11.3 Å². The Morgan fingerprint density at radius 2 is 2.15 bits per heavy atom. The first-order valence-electron chi connectivity index (χ1n) is 7.49. The van der Waals surface area contributed by atoms with E-state index >= 15 is 0 Å². The van der Waals surface area contributed by atoms with Crippen molar-refractivity contribution >= 4 is 11.3 Å². The molecule has 0 bridgehead atoms. The topological polar surface area (TPSA) is 33.1 Å². The summed E-state index contributed by atoms with van der Waals surface area (Å²) in [5.74, 6) is 0.815. The van der Waals surface area contributed by atoms with Crippen molar-refractivity contribution in [3.63, 3.8) is 0 Å². The summed E-state index contributed by atoms with van der Waals surface area (Å²) in [6.45, 7) is 2.26. The summed E-state index contributed by atoms with van der Waals surface area (Å²) in [4.78, 5) is 6.09. The van der Waals surface area contributed by atoms with E-state index in [4.69, 9.17) is 4.98 Å². The lowest BCUT2D eigenvalue weighted by Gasteiger charge is -2.20. The van der Waals surface area contributed by atoms with E-state index in [1.807, 2.05) is 30.3 Å². The third kappa shape index (κ3) is 2.79. The SMILES string of the molecule is CCCC1CCc2nc(C(O)c3ccccc3)sc2C1. The summed E-state index contributed by atoms with van der Waals surface area (Å²) in [5, 5.41) is 11.3. The average Bonchev–Trinajstić information content (AvgIpc) is 2.91. The average molecular weight is 287 g/mol. The van der Waals surface area contributed by atoms with E-state index < -0.39 is 6.10 Å². The van der Waals surface area contributed by atoms with Crippen molar-refractivity contribution < 1.29 is 5.11 Å². The molecule has 0 spiro atoms. The van der Waals surface area contributed by atoms with Crippen LogP contribution in [0.3, 0.4) is 0 Å². The highest BCUT2D eigenvalue weighted by molar-refractivity contribution is 7.11. The fourth-order valence-electron chi connectivity index (χ4n) is 3.01. The van der Waals surface area contributed by atoms with Crippen molar-refractivity contribution in [2.24, 2.45) is 5.92 Å². The number of aromatic nitrogens is 1. The summed E-state index contributed by atoms with van der Waals surface area (Å²) in [6.07, 6.45) is 5.49. The van der Waals surface area contributed by atoms with Gasteiger partial charge in [-0.25, -0.2) is 4.98 Å². The van der Waals surface area contributed by atoms with Gasteiger partial charge in [-0.15, -0.1) is 11.3 Å². The largest absolute Gasteiger partial charge is 0.381 e. The van der Waals surface area contributed by atoms with Crippen molar-refractivity contribution in [2.75, 3.05) is 0 Å². The molecule has 0 amide bonds. The van der Waals surface area contributed by atoms with Crippen LogP contribution in [-0.4, -0.2) is 10.1 Å². The van der Waals surface area contributed by atoms with E-state index in [9.17, 15) is 5.11 Å². The number of thiazole rings is 1. The van der Waals surface area contributed by atoms with Gasteiger partial charge in [0.05, 0.1) is 5.69 Å². The van der Waals surface area contributed by atoms with Crippen LogP contribution in [0.5, 0.6) is 0 Å². The lowest BCUT2D eigenvalue weighted by molar-refractivity contribution is 0.219. The number of aliphatic hydroxyl groups excluding tert-OH is 1. The third-order valence-corrected chi connectivity index (χ3v) is 5.28. The number of rotatable bonds is 4. The molecule has 2 unspecified atom stereocenters. The van der Waals surface area contributed by atoms with Crippen LogP contribution in [0.25, 0.3) is 0 Å². The van der Waals surface area contributed by atoms with Crippen LogP contribution in [0.1, 0.15) is 53.4 Å². The number of nitrogens with zero attached hydrogens (tertiary/aromatic N) is 1. The molecule has 106 valence electrons. The molecule has 1 aromatic heterocycles. The van der Waals surface area contributed by atoms with E-state index in [0.29, 0.717) is 0 Å². The lowest BCUT2D eigenvalue weighted by Crippen LogP contribution is -2.12. The molecule has 0 aliphatic heterocycles. The van der Waals surface area contributed by atoms with Crippen molar-refractivity contribution in [1.82, 2.24) is 4.98 Å². The van der Waals surface area contributed by atoms with Gasteiger partial charge in [0.2, 0.25) is 0 Å². The monoisotopic (exact) mass is 287 g/mol. The number of aryl methyl sites for hydroxylation is 1. The summed E-state index contributed by atoms with van der Waals surface area (Å²) in [5.41, 5.74) is 2.16. The molecule has 0 radical (unpaired) electrons. The molecular weight excluding hydrogens is 266 g/mol. The zero-order chi connectivity index (χ0) is 13.9. The number of hydrogen-bond donors (Lipinski definition) is 1. The second-order valence-corrected chi connectivity index (χ2v) is 6.75. The first kappa shape index (κ1) is 13.8. The maximum atomic E-state index is 10.5. The molecule has 0 fully saturated rings. The quantitative estimate of drug-likeness (QED) is 0.917. The first-order chi connectivity index (χ1) is 9.78. The molecule has 3 rings (SSSR count). The Labute approximate surface area is 124 Å². The van der Waals surface area contributed by atoms with Gasteiger partial charge < -0.3 is 5.11 Å². The van der Waals surface area contributed by atoms with Gasteiger partial charge in [0.1, 0.15) is 11.1 Å². The third-order valence-electron chi connectivity index (χ3n) is 4.10. The summed E-state index contributed by atoms with van der Waals surface area (Å²) in [6, 6.07) is 9.82. The highest BCUT2D eigenvalue weighted by atomic mass is 32.1. The number of aliphatic hydroxyl groups is 1. The van der Waals surface area contributed by atoms with Crippen molar-refractivity contribution in [3.05, 3.63) is 51.5 Å². The van der Waals surface area contributed by atoms with E-state index in [1.165, 1.54) is 29.8 Å². The van der Waals surface area contributed by atoms with E-state index in [2.05, 4.69) is 6.92 Å². The molecule has 1 aliphatic carbocycles. The molecule has 2 aromatic rings. The van der Waals surface area contributed by atoms with Gasteiger partial charge in [-0.2, -0.15) is 0 Å². The lowest BCUT2D eigenvalue weighted by atomic mass is 9.88. The van der Waals surface area contributed by atoms with Gasteiger partial charge in [-0.3, -0.25) is 0 Å². The molecule has 1 heterocycles. The van der Waals surface area contributed by atoms with Gasteiger partial charge in [0.25, 0.3) is 0 Å². The first-order valence-corrected chi connectivity index (χ1v) is 8.31. The maximum absolute atomic E-state index is 10.5. The number of fused-ring (bicyclic) bond motifs is 1. The fourth-order valence-corrected chi connectivity index (χ4v) is 4.25. The van der Waals surface area contributed by atoms with Crippen LogP contribution in [0.15, 0.2) is 30.3 Å². The normalized spacial score (nSPS) is 19.6. The number of hydrogen-bond acceptors (Lipinski definition) is 3. The molecule has 0 saturated carbocycles. The molecule has 1 N–H and O–H groups in total. The number of benzene rings is 1. The predicted octanol–water partition coefficient (Wildman–Crippen LogP) is 4.13. The van der Waals surface area contributed by atoms with Crippen molar-refractivity contribution in [1.29, 1.82) is 0 Å². The summed E-state index contributed by atoms with van der Waals surface area (Å²) < 4.78 is 0. The Hall–Kier alpha value is -1.19. The summed E-state index contributed by atoms with van der Waals surface area (Å²) >= 11 is 1.71. The molecule has 20 heavy (non-hydrogen) atoms. The second kappa shape index (κ2) is 6.06. The minimum absolute atomic E-state index is 0.573. The molecule has 1 aromatic carbocycles. The van der Waals surface area contributed by atoms with Crippen LogP contribution in [0, 0.1) is 5.92 Å². The van der Waals surface area contributed by atoms with Crippen LogP contribution in [0.2, 0.25) is 0 Å². The van der Waals surface area contributed by atoms with Crippen LogP contribution < -0.4 is 0 Å². The van der Waals surface area contributed by atoms with Gasteiger partial charge in [0, 0.05) is 4.88 Å². The Morgan fingerprint density at radius 1 is 1.35 bits per heavy atom. The zero-order valence-corrected chi connectivity index (χ0v) is 12.7.